The summed E-state index contributed by atoms with van der Waals surface area (Å²) in [4.78, 5) is 11.6. The Morgan fingerprint density at radius 2 is 2.22 bits per heavy atom. The van der Waals surface area contributed by atoms with Gasteiger partial charge in [0.2, 0.25) is 0 Å². The Balaban J connectivity index is 2.40. The Bertz CT molecular complexity index is 612. The average molecular weight is 346 g/mol. The van der Waals surface area contributed by atoms with Crippen LogP contribution in [0.1, 0.15) is 23.0 Å². The minimum absolute atomic E-state index is 0.00176. The summed E-state index contributed by atoms with van der Waals surface area (Å²) >= 11 is 10.7. The summed E-state index contributed by atoms with van der Waals surface area (Å²) in [6.45, 7) is 3.36. The summed E-state index contributed by atoms with van der Waals surface area (Å²) < 4.78 is 5.08. The van der Waals surface area contributed by atoms with Crippen LogP contribution in [0.3, 0.4) is 0 Å². The van der Waals surface area contributed by atoms with E-state index in [1.165, 1.54) is 18.5 Å². The number of nitrogens with one attached hydrogen (secondary N) is 1. The van der Waals surface area contributed by atoms with Crippen molar-refractivity contribution in [1.82, 2.24) is 4.37 Å². The molecule has 2 aromatic rings. The number of halogens is 2. The molecule has 0 saturated heterocycles. The van der Waals surface area contributed by atoms with Gasteiger partial charge in [0.05, 0.1) is 16.9 Å². The third kappa shape index (κ3) is 2.74. The molecule has 0 unspecified atom stereocenters. The number of carbonyl (C=O) groups excluding carboxylic acids is 1. The van der Waals surface area contributed by atoms with Gasteiger partial charge in [0.1, 0.15) is 5.00 Å². The fourth-order valence-electron chi connectivity index (χ4n) is 1.59. The van der Waals surface area contributed by atoms with Crippen molar-refractivity contribution >= 4 is 55.5 Å². The van der Waals surface area contributed by atoms with E-state index in [4.69, 9.17) is 11.6 Å². The first kappa shape index (κ1) is 13.5. The van der Waals surface area contributed by atoms with Crippen molar-refractivity contribution in [2.24, 2.45) is 0 Å². The SMILES string of the molecule is CC(=O)c1c(C)nsc1Nc1cc(Cl)ccc1Br. The zero-order chi connectivity index (χ0) is 13.3. The first-order valence-corrected chi connectivity index (χ1v) is 7.12. The van der Waals surface area contributed by atoms with Gasteiger partial charge in [0.15, 0.2) is 5.78 Å². The molecule has 18 heavy (non-hydrogen) atoms. The highest BCUT2D eigenvalue weighted by Gasteiger charge is 2.15. The lowest BCUT2D eigenvalue weighted by Gasteiger charge is -2.08. The van der Waals surface area contributed by atoms with E-state index in [1.54, 1.807) is 12.1 Å². The van der Waals surface area contributed by atoms with Gasteiger partial charge in [-0.05, 0) is 59.5 Å². The lowest BCUT2D eigenvalue weighted by atomic mass is 10.2. The molecule has 3 nitrogen and oxygen atoms in total. The van der Waals surface area contributed by atoms with Crippen molar-refractivity contribution in [3.63, 3.8) is 0 Å². The highest BCUT2D eigenvalue weighted by atomic mass is 79.9. The van der Waals surface area contributed by atoms with Crippen LogP contribution in [0.4, 0.5) is 10.7 Å². The van der Waals surface area contributed by atoms with Gasteiger partial charge in [0.25, 0.3) is 0 Å². The van der Waals surface area contributed by atoms with E-state index in [1.807, 2.05) is 13.0 Å². The first-order chi connectivity index (χ1) is 8.49. The van der Waals surface area contributed by atoms with Crippen LogP contribution in [0.15, 0.2) is 22.7 Å². The molecule has 0 aliphatic carbocycles. The fourth-order valence-corrected chi connectivity index (χ4v) is 2.96. The Morgan fingerprint density at radius 3 is 2.89 bits per heavy atom. The minimum atomic E-state index is 0.00176. The molecule has 0 aliphatic rings. The van der Waals surface area contributed by atoms with E-state index in [0.717, 1.165) is 20.9 Å². The van der Waals surface area contributed by atoms with Gasteiger partial charge in [-0.15, -0.1) is 0 Å². The molecule has 94 valence electrons. The van der Waals surface area contributed by atoms with Crippen molar-refractivity contribution < 1.29 is 4.79 Å². The molecule has 1 N–H and O–H groups in total. The molecule has 6 heteroatoms. The van der Waals surface area contributed by atoms with Crippen LogP contribution >= 0.6 is 39.1 Å². The molecule has 0 spiro atoms. The first-order valence-electron chi connectivity index (χ1n) is 5.18. The fraction of sp³-hybridized carbons (Fsp3) is 0.167. The minimum Gasteiger partial charge on any atom is -0.344 e. The highest BCUT2D eigenvalue weighted by Crippen LogP contribution is 2.33. The molecule has 0 atom stereocenters. The molecular weight excluding hydrogens is 336 g/mol. The van der Waals surface area contributed by atoms with Gasteiger partial charge in [-0.2, -0.15) is 4.37 Å². The molecule has 1 aromatic carbocycles. The smallest absolute Gasteiger partial charge is 0.164 e. The van der Waals surface area contributed by atoms with Crippen LogP contribution in [-0.2, 0) is 0 Å². The number of aryl methyl sites for hydroxylation is 1. The van der Waals surface area contributed by atoms with Crippen LogP contribution in [0, 0.1) is 6.92 Å². The summed E-state index contributed by atoms with van der Waals surface area (Å²) in [7, 11) is 0. The molecule has 0 bridgehead atoms. The summed E-state index contributed by atoms with van der Waals surface area (Å²) in [5.41, 5.74) is 2.19. The van der Waals surface area contributed by atoms with Crippen molar-refractivity contribution in [1.29, 1.82) is 0 Å². The molecule has 1 aromatic heterocycles. The predicted octanol–water partition coefficient (Wildman–Crippen LogP) is 4.81. The van der Waals surface area contributed by atoms with Gasteiger partial charge in [-0.1, -0.05) is 11.6 Å². The zero-order valence-electron chi connectivity index (χ0n) is 9.75. The molecule has 1 heterocycles. The van der Waals surface area contributed by atoms with E-state index in [9.17, 15) is 4.79 Å². The summed E-state index contributed by atoms with van der Waals surface area (Å²) in [5, 5.41) is 4.56. The van der Waals surface area contributed by atoms with E-state index < -0.39 is 0 Å². The van der Waals surface area contributed by atoms with Crippen LogP contribution in [0.25, 0.3) is 0 Å². The topological polar surface area (TPSA) is 42.0 Å². The summed E-state index contributed by atoms with van der Waals surface area (Å²) in [6, 6.07) is 5.44. The van der Waals surface area contributed by atoms with Crippen molar-refractivity contribution in [2.75, 3.05) is 5.32 Å². The lowest BCUT2D eigenvalue weighted by Crippen LogP contribution is -1.99. The third-order valence-electron chi connectivity index (χ3n) is 2.39. The second kappa shape index (κ2) is 5.38. The van der Waals surface area contributed by atoms with E-state index in [0.29, 0.717) is 10.6 Å². The van der Waals surface area contributed by atoms with Crippen LogP contribution in [0.2, 0.25) is 5.02 Å². The van der Waals surface area contributed by atoms with Gasteiger partial charge >= 0.3 is 0 Å². The maximum Gasteiger partial charge on any atom is 0.164 e. The number of ketones is 1. The molecule has 2 rings (SSSR count). The number of hydrogen-bond donors (Lipinski definition) is 1. The highest BCUT2D eigenvalue weighted by molar-refractivity contribution is 9.10. The van der Waals surface area contributed by atoms with Crippen LogP contribution in [0.5, 0.6) is 0 Å². The standard InChI is InChI=1S/C12H10BrClN2OS/c1-6-11(7(2)17)12(18-16-6)15-10-5-8(14)3-4-9(10)13/h3-5,15H,1-2H3. The predicted molar refractivity (Wildman–Crippen MR) is 79.3 cm³/mol. The molecule has 0 amide bonds. The second-order valence-corrected chi connectivity index (χ2v) is 5.84. The Kier molecular flexibility index (Phi) is 4.04. The molecule has 0 saturated carbocycles. The van der Waals surface area contributed by atoms with Gasteiger partial charge in [0, 0.05) is 9.50 Å². The number of aromatic nitrogens is 1. The largest absolute Gasteiger partial charge is 0.344 e. The van der Waals surface area contributed by atoms with E-state index in [2.05, 4.69) is 25.6 Å². The molecular formula is C12H10BrClN2OS. The third-order valence-corrected chi connectivity index (χ3v) is 4.17. The number of nitrogens with zero attached hydrogens (tertiary/aromatic N) is 1. The van der Waals surface area contributed by atoms with Crippen molar-refractivity contribution in [3.8, 4) is 0 Å². The number of Topliss-reactive ketones (excluding diaryl/α,β-unsaturated/α-hetero) is 1. The van der Waals surface area contributed by atoms with Crippen LogP contribution < -0.4 is 5.32 Å². The van der Waals surface area contributed by atoms with Crippen molar-refractivity contribution in [3.05, 3.63) is 39.0 Å². The molecule has 0 aliphatic heterocycles. The Labute approximate surface area is 122 Å². The summed E-state index contributed by atoms with van der Waals surface area (Å²) in [5.74, 6) is 0.00176. The Hall–Kier alpha value is -0.910. The monoisotopic (exact) mass is 344 g/mol. The number of anilines is 2. The number of carbonyl (C=O) groups is 1. The number of benzene rings is 1. The maximum absolute atomic E-state index is 11.6. The average Bonchev–Trinajstić information content (AvgIpc) is 2.65. The maximum atomic E-state index is 11.6. The quantitative estimate of drug-likeness (QED) is 0.811. The lowest BCUT2D eigenvalue weighted by molar-refractivity contribution is 0.101. The number of hydrogen-bond acceptors (Lipinski definition) is 4. The zero-order valence-corrected chi connectivity index (χ0v) is 12.9. The van der Waals surface area contributed by atoms with Crippen LogP contribution in [-0.4, -0.2) is 10.2 Å². The second-order valence-electron chi connectivity index (χ2n) is 3.78. The van der Waals surface area contributed by atoms with Gasteiger partial charge in [-0.3, -0.25) is 4.79 Å². The molecule has 0 fully saturated rings. The molecule has 0 radical (unpaired) electrons. The van der Waals surface area contributed by atoms with Gasteiger partial charge < -0.3 is 5.32 Å². The Morgan fingerprint density at radius 1 is 1.50 bits per heavy atom. The van der Waals surface area contributed by atoms with Crippen molar-refractivity contribution in [2.45, 2.75) is 13.8 Å². The summed E-state index contributed by atoms with van der Waals surface area (Å²) in [6.07, 6.45) is 0. The number of rotatable bonds is 3. The van der Waals surface area contributed by atoms with Gasteiger partial charge in [-0.25, -0.2) is 0 Å². The van der Waals surface area contributed by atoms with E-state index in [-0.39, 0.29) is 5.78 Å². The van der Waals surface area contributed by atoms with E-state index >= 15 is 0 Å². The normalized spacial score (nSPS) is 10.4.